The maximum Gasteiger partial charge on any atom is 0.164 e. The van der Waals surface area contributed by atoms with E-state index in [9.17, 15) is 13.9 Å². The first-order valence-corrected chi connectivity index (χ1v) is 6.77. The molecule has 1 atom stereocenters. The van der Waals surface area contributed by atoms with Crippen LogP contribution in [0.2, 0.25) is 0 Å². The molecule has 2 aromatic rings. The molecule has 0 saturated carbocycles. The topological polar surface area (TPSA) is 36.4 Å². The van der Waals surface area contributed by atoms with Crippen LogP contribution in [-0.4, -0.2) is 35.1 Å². The van der Waals surface area contributed by atoms with Crippen molar-refractivity contribution in [2.45, 2.75) is 12.5 Å². The van der Waals surface area contributed by atoms with E-state index in [0.717, 1.165) is 18.1 Å². The van der Waals surface area contributed by atoms with Crippen LogP contribution < -0.4 is 0 Å². The number of aromatic nitrogens is 1. The Balaban J connectivity index is 1.90. The van der Waals surface area contributed by atoms with Crippen molar-refractivity contribution in [3.63, 3.8) is 0 Å². The van der Waals surface area contributed by atoms with Gasteiger partial charge in [0.1, 0.15) is 0 Å². The summed E-state index contributed by atoms with van der Waals surface area (Å²) in [5.41, 5.74) is 1.13. The highest BCUT2D eigenvalue weighted by molar-refractivity contribution is 5.21. The van der Waals surface area contributed by atoms with Crippen LogP contribution in [0.4, 0.5) is 8.78 Å². The summed E-state index contributed by atoms with van der Waals surface area (Å²) in [4.78, 5) is 5.83. The van der Waals surface area contributed by atoms with Crippen LogP contribution in [0.3, 0.4) is 0 Å². The van der Waals surface area contributed by atoms with E-state index in [1.54, 1.807) is 12.4 Å². The zero-order chi connectivity index (χ0) is 15.2. The summed E-state index contributed by atoms with van der Waals surface area (Å²) in [5.74, 6) is -1.92. The Morgan fingerprint density at radius 3 is 2.62 bits per heavy atom. The molecule has 1 aromatic heterocycles. The van der Waals surface area contributed by atoms with Crippen LogP contribution in [0.25, 0.3) is 0 Å². The number of halogens is 2. The van der Waals surface area contributed by atoms with Crippen molar-refractivity contribution >= 4 is 0 Å². The third-order valence-electron chi connectivity index (χ3n) is 3.36. The second-order valence-electron chi connectivity index (χ2n) is 5.03. The fraction of sp³-hybridized carbons (Fsp3) is 0.312. The van der Waals surface area contributed by atoms with Crippen molar-refractivity contribution in [1.82, 2.24) is 9.88 Å². The molecule has 112 valence electrons. The number of likely N-dealkylation sites (N-methyl/N-ethyl adjacent to an activating group) is 1. The molecule has 21 heavy (non-hydrogen) atoms. The minimum absolute atomic E-state index is 0.00855. The first-order chi connectivity index (χ1) is 10.1. The first-order valence-electron chi connectivity index (χ1n) is 6.77. The lowest BCUT2D eigenvalue weighted by molar-refractivity contribution is 0.123. The molecular weight excluding hydrogens is 274 g/mol. The fourth-order valence-electron chi connectivity index (χ4n) is 2.13. The second-order valence-corrected chi connectivity index (χ2v) is 5.03. The normalized spacial score (nSPS) is 12.6. The molecule has 0 aliphatic rings. The van der Waals surface area contributed by atoms with Gasteiger partial charge in [-0.1, -0.05) is 12.1 Å². The predicted molar refractivity (Wildman–Crippen MR) is 76.8 cm³/mol. The molecule has 0 radical (unpaired) electrons. The van der Waals surface area contributed by atoms with Gasteiger partial charge in [-0.25, -0.2) is 8.78 Å². The zero-order valence-corrected chi connectivity index (χ0v) is 11.8. The Hall–Kier alpha value is -1.85. The summed E-state index contributed by atoms with van der Waals surface area (Å²) in [6.45, 7) is 0.948. The minimum atomic E-state index is -1.05. The molecule has 0 spiro atoms. The highest BCUT2D eigenvalue weighted by Crippen LogP contribution is 2.19. The molecule has 0 fully saturated rings. The van der Waals surface area contributed by atoms with Crippen molar-refractivity contribution in [3.8, 4) is 0 Å². The number of nitrogens with zero attached hydrogens (tertiary/aromatic N) is 2. The van der Waals surface area contributed by atoms with E-state index in [1.807, 2.05) is 24.1 Å². The van der Waals surface area contributed by atoms with Crippen LogP contribution in [-0.2, 0) is 6.42 Å². The second kappa shape index (κ2) is 7.24. The van der Waals surface area contributed by atoms with Gasteiger partial charge in [0.05, 0.1) is 6.10 Å². The largest absolute Gasteiger partial charge is 0.387 e. The van der Waals surface area contributed by atoms with Crippen molar-refractivity contribution in [2.24, 2.45) is 0 Å². The standard InChI is InChI=1S/C16H18F2N2O/c1-20(10-7-12-5-8-19-9-6-12)11-15(21)13-3-2-4-14(17)16(13)18/h2-6,8-9,15,21H,7,10-11H2,1H3. The van der Waals surface area contributed by atoms with Crippen molar-refractivity contribution in [3.05, 3.63) is 65.5 Å². The van der Waals surface area contributed by atoms with E-state index >= 15 is 0 Å². The van der Waals surface area contributed by atoms with Crippen LogP contribution in [0.5, 0.6) is 0 Å². The summed E-state index contributed by atoms with van der Waals surface area (Å²) < 4.78 is 26.7. The number of rotatable bonds is 6. The zero-order valence-electron chi connectivity index (χ0n) is 11.8. The average Bonchev–Trinajstić information content (AvgIpc) is 2.49. The summed E-state index contributed by atoms with van der Waals surface area (Å²) in [6.07, 6.45) is 3.21. The number of hydrogen-bond acceptors (Lipinski definition) is 3. The first kappa shape index (κ1) is 15.5. The molecule has 2 rings (SSSR count). The maximum absolute atomic E-state index is 13.6. The lowest BCUT2D eigenvalue weighted by Gasteiger charge is -2.21. The average molecular weight is 292 g/mol. The van der Waals surface area contributed by atoms with Crippen LogP contribution in [0.1, 0.15) is 17.2 Å². The molecule has 0 amide bonds. The number of pyridine rings is 1. The van der Waals surface area contributed by atoms with E-state index in [-0.39, 0.29) is 12.1 Å². The molecular formula is C16H18F2N2O. The maximum atomic E-state index is 13.6. The monoisotopic (exact) mass is 292 g/mol. The third kappa shape index (κ3) is 4.31. The van der Waals surface area contributed by atoms with Gasteiger partial charge in [-0.2, -0.15) is 0 Å². The van der Waals surface area contributed by atoms with Gasteiger partial charge in [0.15, 0.2) is 11.6 Å². The van der Waals surface area contributed by atoms with E-state index in [2.05, 4.69) is 4.98 Å². The number of hydrogen-bond donors (Lipinski definition) is 1. The van der Waals surface area contributed by atoms with E-state index < -0.39 is 17.7 Å². The molecule has 1 unspecified atom stereocenters. The van der Waals surface area contributed by atoms with Crippen LogP contribution in [0.15, 0.2) is 42.7 Å². The Bertz CT molecular complexity index is 578. The Morgan fingerprint density at radius 1 is 1.19 bits per heavy atom. The predicted octanol–water partition coefficient (Wildman–Crippen LogP) is 2.57. The smallest absolute Gasteiger partial charge is 0.164 e. The molecule has 1 heterocycles. The molecule has 0 aliphatic carbocycles. The lowest BCUT2D eigenvalue weighted by atomic mass is 10.1. The molecule has 0 aliphatic heterocycles. The van der Waals surface area contributed by atoms with Crippen molar-refractivity contribution < 1.29 is 13.9 Å². The molecule has 3 nitrogen and oxygen atoms in total. The van der Waals surface area contributed by atoms with Gasteiger partial charge in [0.25, 0.3) is 0 Å². The highest BCUT2D eigenvalue weighted by Gasteiger charge is 2.17. The van der Waals surface area contributed by atoms with Gasteiger partial charge in [0, 0.05) is 31.0 Å². The quantitative estimate of drug-likeness (QED) is 0.889. The van der Waals surface area contributed by atoms with E-state index in [4.69, 9.17) is 0 Å². The highest BCUT2D eigenvalue weighted by atomic mass is 19.2. The summed E-state index contributed by atoms with van der Waals surface area (Å²) in [7, 11) is 1.83. The Labute approximate surface area is 122 Å². The Morgan fingerprint density at radius 2 is 1.90 bits per heavy atom. The SMILES string of the molecule is CN(CCc1ccncc1)CC(O)c1cccc(F)c1F. The van der Waals surface area contributed by atoms with Gasteiger partial charge >= 0.3 is 0 Å². The van der Waals surface area contributed by atoms with E-state index in [0.29, 0.717) is 6.54 Å². The van der Waals surface area contributed by atoms with Crippen molar-refractivity contribution in [2.75, 3.05) is 20.1 Å². The summed E-state index contributed by atoms with van der Waals surface area (Å²) >= 11 is 0. The minimum Gasteiger partial charge on any atom is -0.387 e. The van der Waals surface area contributed by atoms with Gasteiger partial charge in [0.2, 0.25) is 0 Å². The van der Waals surface area contributed by atoms with Gasteiger partial charge in [-0.15, -0.1) is 0 Å². The molecule has 5 heteroatoms. The van der Waals surface area contributed by atoms with Gasteiger partial charge < -0.3 is 10.0 Å². The van der Waals surface area contributed by atoms with Crippen LogP contribution >= 0.6 is 0 Å². The molecule has 0 bridgehead atoms. The third-order valence-corrected chi connectivity index (χ3v) is 3.36. The Kier molecular flexibility index (Phi) is 5.36. The molecule has 1 N–H and O–H groups in total. The summed E-state index contributed by atoms with van der Waals surface area (Å²) in [5, 5.41) is 10.0. The number of aliphatic hydroxyl groups is 1. The van der Waals surface area contributed by atoms with Gasteiger partial charge in [-0.3, -0.25) is 4.98 Å². The van der Waals surface area contributed by atoms with Crippen molar-refractivity contribution in [1.29, 1.82) is 0 Å². The summed E-state index contributed by atoms with van der Waals surface area (Å²) in [6, 6.07) is 7.69. The molecule has 1 aromatic carbocycles. The van der Waals surface area contributed by atoms with E-state index in [1.165, 1.54) is 12.1 Å². The van der Waals surface area contributed by atoms with Gasteiger partial charge in [-0.05, 0) is 37.2 Å². The lowest BCUT2D eigenvalue weighted by Crippen LogP contribution is -2.27. The molecule has 0 saturated heterocycles. The number of benzene rings is 1. The fourth-order valence-corrected chi connectivity index (χ4v) is 2.13. The number of aliphatic hydroxyl groups excluding tert-OH is 1. The van der Waals surface area contributed by atoms with Crippen LogP contribution in [0, 0.1) is 11.6 Å².